The van der Waals surface area contributed by atoms with Crippen LogP contribution in [0.1, 0.15) is 112 Å². The number of halogens is 1. The first kappa shape index (κ1) is 25.3. The predicted octanol–water partition coefficient (Wildman–Crippen LogP) is 8.45. The standard InChI is InChI=1S/C29H49IO2/c1-19(2)7-6-8-20(3)24-11-12-25-23-10-9-21-17-22(32-27(31)18-30)13-15-28(21,4)26(23)14-16-29(24,25)5/h19-26H,6-18H2,1-5H3/t20-,21+,22-,23+,24+,25-,26-,28+,29-/m1/s1. The van der Waals surface area contributed by atoms with E-state index in [-0.39, 0.29) is 12.1 Å². The highest BCUT2D eigenvalue weighted by molar-refractivity contribution is 14.1. The van der Waals surface area contributed by atoms with Crippen molar-refractivity contribution >= 4 is 28.6 Å². The molecule has 0 aromatic heterocycles. The Bertz CT molecular complexity index is 662. The van der Waals surface area contributed by atoms with Crippen LogP contribution >= 0.6 is 22.6 Å². The Morgan fingerprint density at radius 1 is 0.938 bits per heavy atom. The van der Waals surface area contributed by atoms with E-state index in [2.05, 4.69) is 57.2 Å². The average molecular weight is 557 g/mol. The minimum Gasteiger partial charge on any atom is -0.462 e. The molecular weight excluding hydrogens is 507 g/mol. The van der Waals surface area contributed by atoms with Gasteiger partial charge in [-0.1, -0.05) is 76.5 Å². The number of rotatable bonds is 7. The third kappa shape index (κ3) is 4.68. The van der Waals surface area contributed by atoms with Crippen LogP contribution in [-0.4, -0.2) is 16.5 Å². The summed E-state index contributed by atoms with van der Waals surface area (Å²) >= 11 is 2.13. The van der Waals surface area contributed by atoms with Crippen LogP contribution in [0, 0.1) is 52.3 Å². The number of fused-ring (bicyclic) bond motifs is 5. The van der Waals surface area contributed by atoms with Gasteiger partial charge in [-0.2, -0.15) is 0 Å². The minimum atomic E-state index is -0.0131. The molecule has 184 valence electrons. The first-order valence-electron chi connectivity index (χ1n) is 13.9. The number of alkyl halides is 1. The molecule has 0 unspecified atom stereocenters. The highest BCUT2D eigenvalue weighted by Gasteiger charge is 2.60. The van der Waals surface area contributed by atoms with Crippen molar-refractivity contribution in [2.24, 2.45) is 52.3 Å². The highest BCUT2D eigenvalue weighted by atomic mass is 127. The molecule has 0 N–H and O–H groups in total. The first-order chi connectivity index (χ1) is 15.2. The Morgan fingerprint density at radius 2 is 1.66 bits per heavy atom. The molecule has 4 rings (SSSR count). The Balaban J connectivity index is 1.42. The molecule has 32 heavy (non-hydrogen) atoms. The second kappa shape index (κ2) is 10.1. The van der Waals surface area contributed by atoms with E-state index in [9.17, 15) is 4.79 Å². The second-order valence-electron chi connectivity index (χ2n) is 13.2. The van der Waals surface area contributed by atoms with Crippen molar-refractivity contribution < 1.29 is 9.53 Å². The van der Waals surface area contributed by atoms with E-state index in [1.54, 1.807) is 0 Å². The van der Waals surface area contributed by atoms with Crippen molar-refractivity contribution in [1.29, 1.82) is 0 Å². The van der Waals surface area contributed by atoms with Crippen molar-refractivity contribution in [3.8, 4) is 0 Å². The summed E-state index contributed by atoms with van der Waals surface area (Å²) in [6.07, 6.45) is 16.6. The SMILES string of the molecule is CC(C)CCC[C@@H](C)[C@@H]1CC[C@@H]2[C@@H]3CC[C@H]4C[C@H](OC(=O)CI)CC[C@]4(C)[C@@H]3CC[C@@]21C. The molecule has 0 aliphatic heterocycles. The third-order valence-electron chi connectivity index (χ3n) is 11.2. The van der Waals surface area contributed by atoms with Crippen LogP contribution in [0.15, 0.2) is 0 Å². The van der Waals surface area contributed by atoms with Crippen LogP contribution < -0.4 is 0 Å². The smallest absolute Gasteiger partial charge is 0.316 e. The molecule has 3 heteroatoms. The van der Waals surface area contributed by atoms with E-state index in [1.807, 2.05) is 0 Å². The van der Waals surface area contributed by atoms with Crippen molar-refractivity contribution in [3.63, 3.8) is 0 Å². The van der Waals surface area contributed by atoms with Gasteiger partial charge < -0.3 is 4.74 Å². The molecule has 0 radical (unpaired) electrons. The van der Waals surface area contributed by atoms with Crippen molar-refractivity contribution in [1.82, 2.24) is 0 Å². The van der Waals surface area contributed by atoms with Crippen LogP contribution in [-0.2, 0) is 9.53 Å². The van der Waals surface area contributed by atoms with Gasteiger partial charge in [0.1, 0.15) is 6.10 Å². The van der Waals surface area contributed by atoms with Gasteiger partial charge in [0.05, 0.1) is 4.43 Å². The van der Waals surface area contributed by atoms with E-state index >= 15 is 0 Å². The van der Waals surface area contributed by atoms with Gasteiger partial charge in [0.25, 0.3) is 0 Å². The normalized spacial score (nSPS) is 44.5. The number of hydrogen-bond acceptors (Lipinski definition) is 2. The molecule has 0 bridgehead atoms. The fraction of sp³-hybridized carbons (Fsp3) is 0.966. The largest absolute Gasteiger partial charge is 0.462 e. The van der Waals surface area contributed by atoms with E-state index in [1.165, 1.54) is 64.2 Å². The molecule has 4 aliphatic rings. The maximum Gasteiger partial charge on any atom is 0.316 e. The molecule has 4 saturated carbocycles. The maximum atomic E-state index is 11.9. The third-order valence-corrected chi connectivity index (χ3v) is 11.8. The lowest BCUT2D eigenvalue weighted by Gasteiger charge is -2.61. The fourth-order valence-electron chi connectivity index (χ4n) is 9.57. The van der Waals surface area contributed by atoms with Crippen LogP contribution in [0.4, 0.5) is 0 Å². The van der Waals surface area contributed by atoms with Crippen molar-refractivity contribution in [3.05, 3.63) is 0 Å². The lowest BCUT2D eigenvalue weighted by Crippen LogP contribution is -2.54. The number of ether oxygens (including phenoxy) is 1. The van der Waals surface area contributed by atoms with Crippen molar-refractivity contribution in [2.75, 3.05) is 4.43 Å². The number of carbonyl (C=O) groups is 1. The summed E-state index contributed by atoms with van der Waals surface area (Å²) in [7, 11) is 0. The van der Waals surface area contributed by atoms with Crippen LogP contribution in [0.5, 0.6) is 0 Å². The molecule has 4 fully saturated rings. The minimum absolute atomic E-state index is 0.0131. The van der Waals surface area contributed by atoms with E-state index in [4.69, 9.17) is 4.74 Å². The summed E-state index contributed by atoms with van der Waals surface area (Å²) in [6.45, 7) is 12.7. The topological polar surface area (TPSA) is 26.3 Å². The van der Waals surface area contributed by atoms with Gasteiger partial charge >= 0.3 is 5.97 Å². The number of hydrogen-bond donors (Lipinski definition) is 0. The molecule has 0 aromatic rings. The lowest BCUT2D eigenvalue weighted by atomic mass is 9.44. The maximum absolute atomic E-state index is 11.9. The van der Waals surface area contributed by atoms with E-state index in [0.717, 1.165) is 54.3 Å². The Labute approximate surface area is 211 Å². The summed E-state index contributed by atoms with van der Waals surface area (Å²) in [4.78, 5) is 11.9. The quantitative estimate of drug-likeness (QED) is 0.179. The average Bonchev–Trinajstić information content (AvgIpc) is 3.11. The molecule has 0 saturated heterocycles. The van der Waals surface area contributed by atoms with Gasteiger partial charge in [-0.25, -0.2) is 0 Å². The number of carbonyl (C=O) groups excluding carboxylic acids is 1. The molecule has 2 nitrogen and oxygen atoms in total. The summed E-state index contributed by atoms with van der Waals surface area (Å²) in [5, 5.41) is 0. The molecule has 0 spiro atoms. The zero-order chi connectivity index (χ0) is 23.1. The van der Waals surface area contributed by atoms with Crippen LogP contribution in [0.2, 0.25) is 0 Å². The molecule has 0 aromatic carbocycles. The van der Waals surface area contributed by atoms with Gasteiger partial charge in [0.15, 0.2) is 0 Å². The van der Waals surface area contributed by atoms with Gasteiger partial charge in [-0.05, 0) is 110 Å². The van der Waals surface area contributed by atoms with E-state index < -0.39 is 0 Å². The van der Waals surface area contributed by atoms with Crippen LogP contribution in [0.25, 0.3) is 0 Å². The second-order valence-corrected chi connectivity index (χ2v) is 14.0. The van der Waals surface area contributed by atoms with Gasteiger partial charge in [-0.15, -0.1) is 0 Å². The molecule has 4 aliphatic carbocycles. The molecular formula is C29H49IO2. The van der Waals surface area contributed by atoms with Gasteiger partial charge in [0.2, 0.25) is 0 Å². The summed E-state index contributed by atoms with van der Waals surface area (Å²) < 4.78 is 6.28. The fourth-order valence-corrected chi connectivity index (χ4v) is 9.75. The monoisotopic (exact) mass is 556 g/mol. The van der Waals surface area contributed by atoms with E-state index in [0.29, 0.717) is 15.3 Å². The molecule has 0 amide bonds. The van der Waals surface area contributed by atoms with Crippen molar-refractivity contribution in [2.45, 2.75) is 118 Å². The Kier molecular flexibility index (Phi) is 7.95. The predicted molar refractivity (Wildman–Crippen MR) is 142 cm³/mol. The summed E-state index contributed by atoms with van der Waals surface area (Å²) in [5.74, 6) is 6.28. The lowest BCUT2D eigenvalue weighted by molar-refractivity contribution is -0.159. The zero-order valence-corrected chi connectivity index (χ0v) is 23.7. The summed E-state index contributed by atoms with van der Waals surface area (Å²) in [5.41, 5.74) is 1.08. The zero-order valence-electron chi connectivity index (χ0n) is 21.5. The molecule has 0 heterocycles. The summed E-state index contributed by atoms with van der Waals surface area (Å²) in [6, 6.07) is 0. The number of esters is 1. The highest BCUT2D eigenvalue weighted by Crippen LogP contribution is 2.68. The van der Waals surface area contributed by atoms with Gasteiger partial charge in [0, 0.05) is 0 Å². The van der Waals surface area contributed by atoms with Crippen LogP contribution in [0.3, 0.4) is 0 Å². The Hall–Kier alpha value is 0.200. The Morgan fingerprint density at radius 3 is 2.38 bits per heavy atom. The molecule has 9 atom stereocenters. The van der Waals surface area contributed by atoms with Gasteiger partial charge in [-0.3, -0.25) is 4.79 Å². The first-order valence-corrected chi connectivity index (χ1v) is 15.5.